The highest BCUT2D eigenvalue weighted by Gasteiger charge is 2.47. The molecule has 0 spiro atoms. The highest BCUT2D eigenvalue weighted by molar-refractivity contribution is 7.91. The van der Waals surface area contributed by atoms with Crippen LogP contribution in [0, 0.1) is 11.2 Å². The number of nitrogens with zero attached hydrogens (tertiary/aromatic N) is 1. The molecular formula is C29H38FN3O10S2. The Morgan fingerprint density at radius 3 is 2.42 bits per heavy atom. The molecule has 45 heavy (non-hydrogen) atoms. The maximum absolute atomic E-state index is 14.1. The van der Waals surface area contributed by atoms with Gasteiger partial charge in [-0.2, -0.15) is 4.72 Å². The highest BCUT2D eigenvalue weighted by Crippen LogP contribution is 2.38. The minimum absolute atomic E-state index is 0.0312. The Kier molecular flexibility index (Phi) is 10.5. The van der Waals surface area contributed by atoms with Crippen LogP contribution in [0.2, 0.25) is 0 Å². The number of carbonyl (C=O) groups excluding carboxylic acids is 3. The van der Waals surface area contributed by atoms with E-state index in [9.17, 15) is 35.6 Å². The zero-order chi connectivity index (χ0) is 33.0. The molecule has 0 saturated carbocycles. The molecule has 2 N–H and O–H groups in total. The average molecular weight is 672 g/mol. The summed E-state index contributed by atoms with van der Waals surface area (Å²) in [6.45, 7) is 6.20. The number of sulfone groups is 1. The molecule has 1 aromatic rings. The average Bonchev–Trinajstić information content (AvgIpc) is 2.96. The fourth-order valence-corrected chi connectivity index (χ4v) is 7.72. The predicted octanol–water partition coefficient (Wildman–Crippen LogP) is 1.46. The van der Waals surface area contributed by atoms with Gasteiger partial charge in [0.1, 0.15) is 23.2 Å². The molecular weight excluding hydrogens is 633 g/mol. The summed E-state index contributed by atoms with van der Waals surface area (Å²) in [5.74, 6) is -2.75. The van der Waals surface area contributed by atoms with E-state index in [0.29, 0.717) is 26.3 Å². The molecule has 13 nitrogen and oxygen atoms in total. The third-order valence-electron chi connectivity index (χ3n) is 7.42. The number of carbonyl (C=O) groups is 3. The molecule has 2 saturated heterocycles. The van der Waals surface area contributed by atoms with E-state index in [4.69, 9.17) is 14.2 Å². The number of benzene rings is 1. The van der Waals surface area contributed by atoms with E-state index >= 15 is 0 Å². The van der Waals surface area contributed by atoms with Crippen LogP contribution in [-0.4, -0.2) is 102 Å². The van der Waals surface area contributed by atoms with Crippen LogP contribution in [0.3, 0.4) is 0 Å². The number of esters is 1. The summed E-state index contributed by atoms with van der Waals surface area (Å²) in [6.07, 6.45) is 3.02. The Bertz CT molecular complexity index is 1560. The molecule has 1 amide bonds. The molecule has 1 aliphatic carbocycles. The Balaban J connectivity index is 1.67. The van der Waals surface area contributed by atoms with Gasteiger partial charge in [0.15, 0.2) is 15.6 Å². The first-order chi connectivity index (χ1) is 21.0. The molecule has 1 aromatic carbocycles. The zero-order valence-corrected chi connectivity index (χ0v) is 26.9. The lowest BCUT2D eigenvalue weighted by Crippen LogP contribution is -2.56. The molecule has 0 aromatic heterocycles. The topological polar surface area (TPSA) is 174 Å². The van der Waals surface area contributed by atoms with E-state index in [-0.39, 0.29) is 29.4 Å². The molecule has 4 rings (SSSR count). The number of ether oxygens (including phenoxy) is 3. The van der Waals surface area contributed by atoms with Gasteiger partial charge < -0.3 is 24.4 Å². The number of rotatable bonds is 9. The Hall–Kier alpha value is -3.18. The SMILES string of the molecule is CC(C)(C)OC(=O)[C@H](CC1(C(=O)C2CS(=O)(=O)CCN2)C=CC(OC(=O)N2CCOCC2)=CC1)NS(=O)(=O)c1ccc(F)cc1. The van der Waals surface area contributed by atoms with Crippen molar-refractivity contribution in [2.45, 2.75) is 56.2 Å². The maximum atomic E-state index is 14.1. The number of halogens is 1. The number of Topliss-reactive ketones (excluding diaryl/α,β-unsaturated/α-hetero) is 1. The van der Waals surface area contributed by atoms with Crippen molar-refractivity contribution in [1.29, 1.82) is 0 Å². The molecule has 3 atom stereocenters. The lowest BCUT2D eigenvalue weighted by atomic mass is 9.71. The molecule has 2 unspecified atom stereocenters. The Morgan fingerprint density at radius 1 is 1.18 bits per heavy atom. The summed E-state index contributed by atoms with van der Waals surface area (Å²) in [5, 5.41) is 2.93. The molecule has 2 aliphatic heterocycles. The molecule has 248 valence electrons. The first kappa shape index (κ1) is 34.7. The second-order valence-electron chi connectivity index (χ2n) is 12.1. The van der Waals surface area contributed by atoms with Gasteiger partial charge in [0.2, 0.25) is 10.0 Å². The van der Waals surface area contributed by atoms with Crippen LogP contribution in [-0.2, 0) is 43.7 Å². The van der Waals surface area contributed by atoms with Crippen LogP contribution in [0.25, 0.3) is 0 Å². The van der Waals surface area contributed by atoms with Gasteiger partial charge in [-0.1, -0.05) is 6.08 Å². The predicted molar refractivity (Wildman–Crippen MR) is 160 cm³/mol. The molecule has 3 aliphatic rings. The summed E-state index contributed by atoms with van der Waals surface area (Å²) < 4.78 is 83.6. The number of sulfonamides is 1. The summed E-state index contributed by atoms with van der Waals surface area (Å²) in [4.78, 5) is 41.4. The van der Waals surface area contributed by atoms with Gasteiger partial charge >= 0.3 is 12.1 Å². The first-order valence-corrected chi connectivity index (χ1v) is 17.7. The van der Waals surface area contributed by atoms with E-state index in [0.717, 1.165) is 24.3 Å². The van der Waals surface area contributed by atoms with Gasteiger partial charge in [0.25, 0.3) is 0 Å². The standard InChI is InChI=1S/C29H38FN3O10S2/c1-28(2,3)43-26(35)23(32-45(39,40)22-6-4-20(30)5-7-22)18-29(25(34)24-19-44(37,38)17-12-31-24)10-8-21(9-11-29)42-27(36)33-13-15-41-16-14-33/h4-10,23-24,31-32H,11-19H2,1-3H3/t23-,24?,29?/m0/s1. The van der Waals surface area contributed by atoms with Gasteiger partial charge in [-0.3, -0.25) is 9.59 Å². The number of morpholine rings is 1. The minimum atomic E-state index is -4.43. The lowest BCUT2D eigenvalue weighted by Gasteiger charge is -2.38. The van der Waals surface area contributed by atoms with Crippen molar-refractivity contribution in [3.8, 4) is 0 Å². The number of ketones is 1. The van der Waals surface area contributed by atoms with Crippen LogP contribution >= 0.6 is 0 Å². The monoisotopic (exact) mass is 671 g/mol. The van der Waals surface area contributed by atoms with Crippen LogP contribution in [0.15, 0.2) is 53.1 Å². The van der Waals surface area contributed by atoms with E-state index < -0.39 is 78.8 Å². The van der Waals surface area contributed by atoms with Crippen LogP contribution in [0.1, 0.15) is 33.6 Å². The van der Waals surface area contributed by atoms with Gasteiger partial charge in [-0.15, -0.1) is 0 Å². The van der Waals surface area contributed by atoms with Crippen molar-refractivity contribution in [1.82, 2.24) is 14.9 Å². The summed E-state index contributed by atoms with van der Waals surface area (Å²) in [5.41, 5.74) is -2.65. The third kappa shape index (κ3) is 9.19. The van der Waals surface area contributed by atoms with Crippen molar-refractivity contribution >= 4 is 37.7 Å². The van der Waals surface area contributed by atoms with E-state index in [2.05, 4.69) is 10.0 Å². The Labute approximate surface area is 262 Å². The quantitative estimate of drug-likeness (QED) is 0.364. The van der Waals surface area contributed by atoms with Crippen molar-refractivity contribution in [3.63, 3.8) is 0 Å². The second kappa shape index (κ2) is 13.7. The first-order valence-electron chi connectivity index (χ1n) is 14.4. The van der Waals surface area contributed by atoms with Crippen LogP contribution in [0.5, 0.6) is 0 Å². The van der Waals surface area contributed by atoms with Crippen molar-refractivity contribution in [3.05, 3.63) is 54.1 Å². The number of amides is 1. The fourth-order valence-electron chi connectivity index (χ4n) is 5.16. The normalized spacial score (nSPS) is 24.3. The van der Waals surface area contributed by atoms with Crippen molar-refractivity contribution < 1.29 is 49.8 Å². The number of hydrogen-bond acceptors (Lipinski definition) is 11. The molecule has 2 fully saturated rings. The van der Waals surface area contributed by atoms with Gasteiger partial charge in [-0.25, -0.2) is 26.0 Å². The van der Waals surface area contributed by atoms with Crippen molar-refractivity contribution in [2.75, 3.05) is 44.4 Å². The van der Waals surface area contributed by atoms with E-state index in [1.54, 1.807) is 20.8 Å². The summed E-state index contributed by atoms with van der Waals surface area (Å²) in [7, 11) is -7.99. The molecule has 2 heterocycles. The third-order valence-corrected chi connectivity index (χ3v) is 10.6. The molecule has 0 bridgehead atoms. The van der Waals surface area contributed by atoms with Gasteiger partial charge in [-0.05, 0) is 70.0 Å². The van der Waals surface area contributed by atoms with E-state index in [1.165, 1.54) is 23.1 Å². The maximum Gasteiger partial charge on any atom is 0.415 e. The fraction of sp³-hybridized carbons (Fsp3) is 0.552. The number of hydrogen-bond donors (Lipinski definition) is 2. The highest BCUT2D eigenvalue weighted by atomic mass is 32.2. The van der Waals surface area contributed by atoms with Crippen molar-refractivity contribution in [2.24, 2.45) is 5.41 Å². The van der Waals surface area contributed by atoms with Crippen LogP contribution < -0.4 is 10.0 Å². The number of nitrogens with one attached hydrogen (secondary N) is 2. The lowest BCUT2D eigenvalue weighted by molar-refractivity contribution is -0.157. The Morgan fingerprint density at radius 2 is 1.84 bits per heavy atom. The second-order valence-corrected chi connectivity index (χ2v) is 16.1. The van der Waals surface area contributed by atoms with Gasteiger partial charge in [0, 0.05) is 19.6 Å². The van der Waals surface area contributed by atoms with Gasteiger partial charge in [0.05, 0.1) is 41.1 Å². The number of allylic oxidation sites excluding steroid dienone is 3. The molecule has 16 heteroatoms. The largest absolute Gasteiger partial charge is 0.459 e. The molecule has 0 radical (unpaired) electrons. The summed E-state index contributed by atoms with van der Waals surface area (Å²) >= 11 is 0. The van der Waals surface area contributed by atoms with E-state index in [1.807, 2.05) is 0 Å². The minimum Gasteiger partial charge on any atom is -0.459 e. The van der Waals surface area contributed by atoms with Crippen LogP contribution in [0.4, 0.5) is 9.18 Å². The zero-order valence-electron chi connectivity index (χ0n) is 25.3. The summed E-state index contributed by atoms with van der Waals surface area (Å²) in [6, 6.07) is 1.18. The smallest absolute Gasteiger partial charge is 0.415 e.